The number of carbonyl (C=O) groups is 1. The first-order chi connectivity index (χ1) is 13.9. The molecule has 0 atom stereocenters. The number of para-hydroxylation sites is 1. The summed E-state index contributed by atoms with van der Waals surface area (Å²) in [4.78, 5) is 25.0. The summed E-state index contributed by atoms with van der Waals surface area (Å²) < 4.78 is 0. The van der Waals surface area contributed by atoms with Crippen LogP contribution < -0.4 is 26.6 Å². The molecule has 1 heterocycles. The van der Waals surface area contributed by atoms with Gasteiger partial charge < -0.3 is 21.7 Å². The Bertz CT molecular complexity index is 847. The van der Waals surface area contributed by atoms with Crippen molar-refractivity contribution in [1.29, 1.82) is 0 Å². The highest BCUT2D eigenvalue weighted by Gasteiger charge is 2.30. The van der Waals surface area contributed by atoms with Gasteiger partial charge in [0, 0.05) is 44.5 Å². The van der Waals surface area contributed by atoms with Crippen molar-refractivity contribution >= 4 is 23.5 Å². The van der Waals surface area contributed by atoms with Gasteiger partial charge in [-0.1, -0.05) is 18.2 Å². The van der Waals surface area contributed by atoms with Gasteiger partial charge >= 0.3 is 6.03 Å². The van der Waals surface area contributed by atoms with Crippen LogP contribution in [0, 0.1) is 6.92 Å². The minimum atomic E-state index is -0.431. The third-order valence-electron chi connectivity index (χ3n) is 5.47. The number of anilines is 3. The molecule has 0 spiro atoms. The number of nitrogens with zero attached hydrogens (tertiary/aromatic N) is 4. The van der Waals surface area contributed by atoms with Crippen LogP contribution in [0.3, 0.4) is 0 Å². The van der Waals surface area contributed by atoms with Crippen LogP contribution in [0.15, 0.2) is 30.5 Å². The molecule has 2 amide bonds. The van der Waals surface area contributed by atoms with Crippen molar-refractivity contribution in [3.05, 3.63) is 41.6 Å². The lowest BCUT2D eigenvalue weighted by atomic mass is 9.89. The van der Waals surface area contributed by atoms with Crippen LogP contribution in [0.2, 0.25) is 0 Å². The van der Waals surface area contributed by atoms with Crippen LogP contribution in [0.5, 0.6) is 0 Å². The Morgan fingerprint density at radius 2 is 1.90 bits per heavy atom. The van der Waals surface area contributed by atoms with Gasteiger partial charge in [0.25, 0.3) is 0 Å². The van der Waals surface area contributed by atoms with Crippen molar-refractivity contribution in [3.8, 4) is 0 Å². The van der Waals surface area contributed by atoms with E-state index >= 15 is 0 Å². The summed E-state index contributed by atoms with van der Waals surface area (Å²) in [6.45, 7) is 2.37. The number of aryl methyl sites for hydroxylation is 1. The molecule has 1 aliphatic carbocycles. The molecule has 1 aromatic heterocycles. The number of carbonyl (C=O) groups excluding carboxylic acids is 1. The first kappa shape index (κ1) is 20.9. The molecule has 0 saturated heterocycles. The average Bonchev–Trinajstić information content (AvgIpc) is 2.71. The standard InChI is InChI=1S/C21H31N7O/c1-14-13-24-21(26-19(14)27(2)3)25-16-8-10-17(11-9-16)28(20(23)29)18-7-5-4-6-15(18)12-22/h4-7,13,16-17H,8-12,22H2,1-3H3,(H2,23,29)(H,24,25,26). The van der Waals surface area contributed by atoms with Crippen LogP contribution in [-0.2, 0) is 6.54 Å². The van der Waals surface area contributed by atoms with Gasteiger partial charge in [0.15, 0.2) is 0 Å². The predicted octanol–water partition coefficient (Wildman–Crippen LogP) is 2.62. The highest BCUT2D eigenvalue weighted by atomic mass is 16.2. The smallest absolute Gasteiger partial charge is 0.319 e. The van der Waals surface area contributed by atoms with Crippen molar-refractivity contribution in [2.75, 3.05) is 29.2 Å². The van der Waals surface area contributed by atoms with E-state index in [4.69, 9.17) is 11.5 Å². The maximum Gasteiger partial charge on any atom is 0.319 e. The second kappa shape index (κ2) is 9.09. The van der Waals surface area contributed by atoms with Gasteiger partial charge in [-0.25, -0.2) is 9.78 Å². The van der Waals surface area contributed by atoms with Gasteiger partial charge in [-0.3, -0.25) is 4.90 Å². The van der Waals surface area contributed by atoms with Gasteiger partial charge in [-0.15, -0.1) is 0 Å². The summed E-state index contributed by atoms with van der Waals surface area (Å²) in [5.41, 5.74) is 14.4. The molecular weight excluding hydrogens is 366 g/mol. The molecule has 0 bridgehead atoms. The minimum Gasteiger partial charge on any atom is -0.362 e. The highest BCUT2D eigenvalue weighted by Crippen LogP contribution is 2.30. The molecular formula is C21H31N7O. The number of benzene rings is 1. The average molecular weight is 398 g/mol. The molecule has 1 aliphatic rings. The van der Waals surface area contributed by atoms with E-state index in [0.29, 0.717) is 12.5 Å². The molecule has 29 heavy (non-hydrogen) atoms. The number of urea groups is 1. The summed E-state index contributed by atoms with van der Waals surface area (Å²) in [5, 5.41) is 3.45. The van der Waals surface area contributed by atoms with Crippen LogP contribution in [0.1, 0.15) is 36.8 Å². The van der Waals surface area contributed by atoms with Crippen molar-refractivity contribution in [3.63, 3.8) is 0 Å². The number of nitrogens with one attached hydrogen (secondary N) is 1. The number of aromatic nitrogens is 2. The Kier molecular flexibility index (Phi) is 6.53. The third-order valence-corrected chi connectivity index (χ3v) is 5.47. The van der Waals surface area contributed by atoms with E-state index < -0.39 is 6.03 Å². The van der Waals surface area contributed by atoms with E-state index in [9.17, 15) is 4.79 Å². The fourth-order valence-electron chi connectivity index (χ4n) is 4.03. The largest absolute Gasteiger partial charge is 0.362 e. The second-order valence-electron chi connectivity index (χ2n) is 7.79. The van der Waals surface area contributed by atoms with Gasteiger partial charge in [0.1, 0.15) is 5.82 Å². The zero-order valence-electron chi connectivity index (χ0n) is 17.4. The topological polar surface area (TPSA) is 113 Å². The minimum absolute atomic E-state index is 0.0644. The highest BCUT2D eigenvalue weighted by molar-refractivity contribution is 5.92. The Hall–Kier alpha value is -2.87. The maximum atomic E-state index is 12.2. The third kappa shape index (κ3) is 4.76. The summed E-state index contributed by atoms with van der Waals surface area (Å²) in [7, 11) is 3.95. The van der Waals surface area contributed by atoms with E-state index in [0.717, 1.165) is 48.3 Å². The lowest BCUT2D eigenvalue weighted by molar-refractivity contribution is 0.248. The number of primary amides is 1. The first-order valence-electron chi connectivity index (χ1n) is 10.0. The monoisotopic (exact) mass is 397 g/mol. The molecule has 1 saturated carbocycles. The number of hydrogen-bond donors (Lipinski definition) is 3. The molecule has 1 aromatic carbocycles. The Labute approximate surface area is 172 Å². The maximum absolute atomic E-state index is 12.2. The molecule has 0 unspecified atom stereocenters. The van der Waals surface area contributed by atoms with Crippen LogP contribution in [0.25, 0.3) is 0 Å². The van der Waals surface area contributed by atoms with E-state index in [2.05, 4.69) is 15.3 Å². The van der Waals surface area contributed by atoms with Crippen LogP contribution >= 0.6 is 0 Å². The molecule has 2 aromatic rings. The van der Waals surface area contributed by atoms with Gasteiger partial charge in [-0.2, -0.15) is 4.98 Å². The molecule has 0 aliphatic heterocycles. The molecule has 8 nitrogen and oxygen atoms in total. The summed E-state index contributed by atoms with van der Waals surface area (Å²) in [6, 6.07) is 7.59. The van der Waals surface area contributed by atoms with Crippen molar-refractivity contribution in [2.45, 2.75) is 51.2 Å². The van der Waals surface area contributed by atoms with Crippen molar-refractivity contribution in [2.24, 2.45) is 11.5 Å². The van der Waals surface area contributed by atoms with Gasteiger partial charge in [0.2, 0.25) is 5.95 Å². The fourth-order valence-corrected chi connectivity index (χ4v) is 4.03. The molecule has 8 heteroatoms. The number of amides is 2. The molecule has 1 fully saturated rings. The molecule has 0 radical (unpaired) electrons. The Morgan fingerprint density at radius 1 is 1.21 bits per heavy atom. The number of rotatable bonds is 6. The molecule has 156 valence electrons. The quantitative estimate of drug-likeness (QED) is 0.690. The second-order valence-corrected chi connectivity index (χ2v) is 7.79. The van der Waals surface area contributed by atoms with Gasteiger partial charge in [-0.05, 0) is 44.2 Å². The first-order valence-corrected chi connectivity index (χ1v) is 10.0. The van der Waals surface area contributed by atoms with Crippen molar-refractivity contribution in [1.82, 2.24) is 9.97 Å². The Morgan fingerprint density at radius 3 is 2.52 bits per heavy atom. The summed E-state index contributed by atoms with van der Waals surface area (Å²) >= 11 is 0. The predicted molar refractivity (Wildman–Crippen MR) is 117 cm³/mol. The van der Waals surface area contributed by atoms with E-state index in [-0.39, 0.29) is 12.1 Å². The summed E-state index contributed by atoms with van der Waals surface area (Å²) in [5.74, 6) is 1.55. The summed E-state index contributed by atoms with van der Waals surface area (Å²) in [6.07, 6.45) is 5.37. The molecule has 5 N–H and O–H groups in total. The zero-order valence-corrected chi connectivity index (χ0v) is 17.4. The van der Waals surface area contributed by atoms with E-state index in [1.165, 1.54) is 0 Å². The van der Waals surface area contributed by atoms with Crippen LogP contribution in [0.4, 0.5) is 22.2 Å². The lowest BCUT2D eigenvalue weighted by Crippen LogP contribution is -2.47. The van der Waals surface area contributed by atoms with Crippen LogP contribution in [-0.4, -0.2) is 42.2 Å². The zero-order chi connectivity index (χ0) is 21.0. The molecule has 3 rings (SSSR count). The SMILES string of the molecule is Cc1cnc(NC2CCC(N(C(N)=O)c3ccccc3CN)CC2)nc1N(C)C. The van der Waals surface area contributed by atoms with Gasteiger partial charge in [0.05, 0.1) is 5.69 Å². The fraction of sp³-hybridized carbons (Fsp3) is 0.476. The lowest BCUT2D eigenvalue weighted by Gasteiger charge is -2.37. The van der Waals surface area contributed by atoms with E-state index in [1.54, 1.807) is 4.90 Å². The normalized spacial score (nSPS) is 18.9. The number of hydrogen-bond acceptors (Lipinski definition) is 6. The Balaban J connectivity index is 1.68. The van der Waals surface area contributed by atoms with E-state index in [1.807, 2.05) is 56.4 Å². The van der Waals surface area contributed by atoms with Crippen molar-refractivity contribution < 1.29 is 4.79 Å². The number of nitrogens with two attached hydrogens (primary N) is 2.